The Hall–Kier alpha value is -2.51. The van der Waals surface area contributed by atoms with E-state index >= 15 is 0 Å². The largest absolute Gasteiger partial charge is 0.454 e. The minimum atomic E-state index is 0. The molecule has 2 aromatic rings. The molecule has 0 spiro atoms. The summed E-state index contributed by atoms with van der Waals surface area (Å²) in [5.41, 5.74) is 2.96. The third-order valence-corrected chi connectivity index (χ3v) is 5.32. The van der Waals surface area contributed by atoms with Gasteiger partial charge in [-0.25, -0.2) is 4.99 Å². The average molecular weight is 533 g/mol. The van der Waals surface area contributed by atoms with E-state index in [9.17, 15) is 0 Å². The predicted molar refractivity (Wildman–Crippen MR) is 131 cm³/mol. The second-order valence-corrected chi connectivity index (χ2v) is 7.43. The molecule has 2 aromatic carbocycles. The first-order valence-corrected chi connectivity index (χ1v) is 10.4. The highest BCUT2D eigenvalue weighted by atomic mass is 127. The summed E-state index contributed by atoms with van der Waals surface area (Å²) in [6.07, 6.45) is 0. The zero-order valence-electron chi connectivity index (χ0n) is 17.7. The molecule has 0 amide bonds. The minimum Gasteiger partial charge on any atom is -0.454 e. The van der Waals surface area contributed by atoms with Crippen LogP contribution in [0.4, 0.5) is 0 Å². The highest BCUT2D eigenvalue weighted by Gasteiger charge is 2.21. The molecule has 2 aliphatic heterocycles. The molecule has 0 radical (unpaired) electrons. The van der Waals surface area contributed by atoms with Gasteiger partial charge in [-0.1, -0.05) is 18.2 Å². The lowest BCUT2D eigenvalue weighted by Crippen LogP contribution is -2.52. The number of nitrogens with one attached hydrogen (secondary N) is 1. The molecule has 0 bridgehead atoms. The van der Waals surface area contributed by atoms with E-state index in [1.54, 1.807) is 0 Å². The van der Waals surface area contributed by atoms with Crippen LogP contribution in [-0.4, -0.2) is 55.3 Å². The molecule has 1 N–H and O–H groups in total. The number of guanidine groups is 1. The fraction of sp³-hybridized carbons (Fsp3) is 0.391. The number of hydrogen-bond acceptors (Lipinski definition) is 5. The molecular weight excluding hydrogens is 505 g/mol. The van der Waals surface area contributed by atoms with Crippen LogP contribution in [0.3, 0.4) is 0 Å². The number of ether oxygens (including phenoxy) is 2. The zero-order chi connectivity index (χ0) is 20.8. The number of hydrogen-bond donors (Lipinski definition) is 1. The molecule has 1 fully saturated rings. The van der Waals surface area contributed by atoms with Gasteiger partial charge in [0.25, 0.3) is 0 Å². The molecule has 2 heterocycles. The normalized spacial score (nSPS) is 15.9. The molecule has 0 atom stereocenters. The molecule has 0 aliphatic carbocycles. The van der Waals surface area contributed by atoms with E-state index < -0.39 is 0 Å². The lowest BCUT2D eigenvalue weighted by molar-refractivity contribution is 0.171. The SMILES string of the molecule is CCNC(=NCc1cccc(C#N)c1)N1CCN(Cc2ccc3c(c2)OCO3)CC1.I. The van der Waals surface area contributed by atoms with E-state index in [0.717, 1.165) is 62.3 Å². The predicted octanol–water partition coefficient (Wildman–Crippen LogP) is 3.19. The third kappa shape index (κ3) is 6.02. The Labute approximate surface area is 200 Å². The van der Waals surface area contributed by atoms with Gasteiger partial charge in [-0.05, 0) is 42.3 Å². The summed E-state index contributed by atoms with van der Waals surface area (Å²) in [6, 6.07) is 16.0. The van der Waals surface area contributed by atoms with Gasteiger partial charge in [0.15, 0.2) is 17.5 Å². The fourth-order valence-corrected chi connectivity index (χ4v) is 3.75. The maximum absolute atomic E-state index is 9.08. The van der Waals surface area contributed by atoms with Gasteiger partial charge in [0.2, 0.25) is 6.79 Å². The lowest BCUT2D eigenvalue weighted by Gasteiger charge is -2.36. The summed E-state index contributed by atoms with van der Waals surface area (Å²) >= 11 is 0. The number of rotatable bonds is 5. The van der Waals surface area contributed by atoms with Crippen molar-refractivity contribution in [1.29, 1.82) is 5.26 Å². The number of aliphatic imine (C=N–C) groups is 1. The van der Waals surface area contributed by atoms with Gasteiger partial charge >= 0.3 is 0 Å². The van der Waals surface area contributed by atoms with Crippen molar-refractivity contribution in [3.63, 3.8) is 0 Å². The van der Waals surface area contributed by atoms with Gasteiger partial charge in [-0.15, -0.1) is 24.0 Å². The van der Waals surface area contributed by atoms with Crippen LogP contribution in [0.5, 0.6) is 11.5 Å². The van der Waals surface area contributed by atoms with E-state index in [0.29, 0.717) is 18.9 Å². The van der Waals surface area contributed by atoms with Crippen LogP contribution in [-0.2, 0) is 13.1 Å². The Morgan fingerprint density at radius 3 is 2.65 bits per heavy atom. The molecule has 8 heteroatoms. The maximum Gasteiger partial charge on any atom is 0.231 e. The smallest absolute Gasteiger partial charge is 0.231 e. The first-order chi connectivity index (χ1) is 14.7. The van der Waals surface area contributed by atoms with Crippen LogP contribution in [0.2, 0.25) is 0 Å². The van der Waals surface area contributed by atoms with Crippen molar-refractivity contribution in [3.8, 4) is 17.6 Å². The van der Waals surface area contributed by atoms with Crippen molar-refractivity contribution >= 4 is 29.9 Å². The third-order valence-electron chi connectivity index (χ3n) is 5.32. The molecule has 0 aromatic heterocycles. The summed E-state index contributed by atoms with van der Waals surface area (Å²) in [5, 5.41) is 12.5. The summed E-state index contributed by atoms with van der Waals surface area (Å²) < 4.78 is 10.9. The summed E-state index contributed by atoms with van der Waals surface area (Å²) in [7, 11) is 0. The Balaban J connectivity index is 0.00000272. The quantitative estimate of drug-likeness (QED) is 0.362. The van der Waals surface area contributed by atoms with Crippen LogP contribution >= 0.6 is 24.0 Å². The zero-order valence-corrected chi connectivity index (χ0v) is 20.0. The van der Waals surface area contributed by atoms with Crippen molar-refractivity contribution < 1.29 is 9.47 Å². The highest BCUT2D eigenvalue weighted by molar-refractivity contribution is 14.0. The van der Waals surface area contributed by atoms with Crippen molar-refractivity contribution in [2.24, 2.45) is 4.99 Å². The van der Waals surface area contributed by atoms with Gasteiger partial charge in [0.05, 0.1) is 18.2 Å². The molecule has 7 nitrogen and oxygen atoms in total. The lowest BCUT2D eigenvalue weighted by atomic mass is 10.1. The van der Waals surface area contributed by atoms with E-state index in [1.165, 1.54) is 5.56 Å². The number of nitriles is 1. The average Bonchev–Trinajstić information content (AvgIpc) is 3.25. The Bertz CT molecular complexity index is 951. The van der Waals surface area contributed by atoms with E-state index in [4.69, 9.17) is 19.7 Å². The van der Waals surface area contributed by atoms with Gasteiger partial charge in [0, 0.05) is 39.3 Å². The number of halogens is 1. The van der Waals surface area contributed by atoms with Crippen LogP contribution in [0.1, 0.15) is 23.6 Å². The van der Waals surface area contributed by atoms with Crippen LogP contribution < -0.4 is 14.8 Å². The number of benzene rings is 2. The molecule has 164 valence electrons. The van der Waals surface area contributed by atoms with Gasteiger partial charge in [-0.2, -0.15) is 5.26 Å². The fourth-order valence-electron chi connectivity index (χ4n) is 3.75. The van der Waals surface area contributed by atoms with E-state index in [-0.39, 0.29) is 24.0 Å². The summed E-state index contributed by atoms with van der Waals surface area (Å²) in [4.78, 5) is 9.57. The molecule has 1 saturated heterocycles. The first-order valence-electron chi connectivity index (χ1n) is 10.4. The minimum absolute atomic E-state index is 0. The number of piperazine rings is 1. The second-order valence-electron chi connectivity index (χ2n) is 7.43. The Kier molecular flexibility index (Phi) is 8.37. The van der Waals surface area contributed by atoms with E-state index in [2.05, 4.69) is 40.2 Å². The van der Waals surface area contributed by atoms with E-state index in [1.807, 2.05) is 30.3 Å². The molecular formula is C23H28IN5O2. The Morgan fingerprint density at radius 2 is 1.87 bits per heavy atom. The molecule has 0 saturated carbocycles. The standard InChI is InChI=1S/C23H27N5O2.HI/c1-2-25-23(26-15-19-5-3-4-18(12-19)14-24)28-10-8-27(9-11-28)16-20-6-7-21-22(13-20)30-17-29-21;/h3-7,12-13H,2,8-11,15-17H2,1H3,(H,25,26);1H. The topological polar surface area (TPSA) is 73.1 Å². The molecule has 0 unspecified atom stereocenters. The summed E-state index contributed by atoms with van der Waals surface area (Å²) in [6.45, 7) is 8.49. The maximum atomic E-state index is 9.08. The number of fused-ring (bicyclic) bond motifs is 1. The van der Waals surface area contributed by atoms with Gasteiger partial charge < -0.3 is 19.7 Å². The van der Waals surface area contributed by atoms with Gasteiger partial charge in [0.1, 0.15) is 0 Å². The van der Waals surface area contributed by atoms with Crippen molar-refractivity contribution in [2.45, 2.75) is 20.0 Å². The monoisotopic (exact) mass is 533 g/mol. The van der Waals surface area contributed by atoms with Gasteiger partial charge in [-0.3, -0.25) is 4.90 Å². The van der Waals surface area contributed by atoms with Crippen molar-refractivity contribution in [2.75, 3.05) is 39.5 Å². The molecule has 2 aliphatic rings. The van der Waals surface area contributed by atoms with Crippen LogP contribution in [0, 0.1) is 11.3 Å². The van der Waals surface area contributed by atoms with Crippen molar-refractivity contribution in [3.05, 3.63) is 59.2 Å². The van der Waals surface area contributed by atoms with Crippen molar-refractivity contribution in [1.82, 2.24) is 15.1 Å². The second kappa shape index (κ2) is 11.2. The number of nitrogens with zero attached hydrogens (tertiary/aromatic N) is 4. The Morgan fingerprint density at radius 1 is 1.06 bits per heavy atom. The highest BCUT2D eigenvalue weighted by Crippen LogP contribution is 2.32. The molecule has 4 rings (SSSR count). The van der Waals surface area contributed by atoms with Crippen LogP contribution in [0.15, 0.2) is 47.5 Å². The van der Waals surface area contributed by atoms with Crippen LogP contribution in [0.25, 0.3) is 0 Å². The summed E-state index contributed by atoms with van der Waals surface area (Å²) in [5.74, 6) is 2.60. The first kappa shape index (κ1) is 23.2. The molecule has 31 heavy (non-hydrogen) atoms.